The number of carbonyl (C=O) groups is 2. The molecule has 0 spiro atoms. The van der Waals surface area contributed by atoms with E-state index in [1.54, 1.807) is 28.9 Å². The Kier molecular flexibility index (Phi) is 5.83. The van der Waals surface area contributed by atoms with Crippen LogP contribution in [0.2, 0.25) is 0 Å². The molecule has 3 heterocycles. The Bertz CT molecular complexity index is 695. The minimum Gasteiger partial charge on any atom is -0.341 e. The molecule has 0 aromatic carbocycles. The van der Waals surface area contributed by atoms with Crippen molar-refractivity contribution in [3.05, 3.63) is 24.0 Å². The molecule has 0 saturated carbocycles. The van der Waals surface area contributed by atoms with Crippen molar-refractivity contribution in [3.63, 3.8) is 0 Å². The molecule has 10 heteroatoms. The highest BCUT2D eigenvalue weighted by molar-refractivity contribution is 7.13. The van der Waals surface area contributed by atoms with Crippen LogP contribution in [0.5, 0.6) is 0 Å². The van der Waals surface area contributed by atoms with Crippen LogP contribution < -0.4 is 10.2 Å². The van der Waals surface area contributed by atoms with Crippen molar-refractivity contribution in [2.24, 2.45) is 0 Å². The molecule has 2 aromatic heterocycles. The number of carbonyl (C=O) groups excluding carboxylic acids is 2. The Morgan fingerprint density at radius 2 is 1.96 bits per heavy atom. The smallest absolute Gasteiger partial charge is 0.226 e. The second kappa shape index (κ2) is 8.47. The molecule has 1 N–H and O–H groups in total. The summed E-state index contributed by atoms with van der Waals surface area (Å²) in [4.78, 5) is 36.6. The summed E-state index contributed by atoms with van der Waals surface area (Å²) in [5.74, 6) is 0.454. The lowest BCUT2D eigenvalue weighted by Gasteiger charge is -2.22. The van der Waals surface area contributed by atoms with Crippen LogP contribution in [0.3, 0.4) is 0 Å². The average Bonchev–Trinajstić information content (AvgIpc) is 3.01. The molecular formula is C15H19N7O2S. The van der Waals surface area contributed by atoms with Gasteiger partial charge in [-0.3, -0.25) is 9.59 Å². The normalized spacial score (nSPS) is 14.9. The van der Waals surface area contributed by atoms with Crippen molar-refractivity contribution in [1.29, 1.82) is 0 Å². The fourth-order valence-electron chi connectivity index (χ4n) is 2.61. The van der Waals surface area contributed by atoms with Gasteiger partial charge >= 0.3 is 0 Å². The third-order valence-corrected chi connectivity index (χ3v) is 4.46. The number of rotatable bonds is 5. The fourth-order valence-corrected chi connectivity index (χ4v) is 3.07. The SMILES string of the molecule is O=C(CCC(=O)N1CCCN(c2ncccn2)CC1)Nc1nncs1. The van der Waals surface area contributed by atoms with Gasteiger partial charge in [-0.2, -0.15) is 0 Å². The maximum atomic E-state index is 12.4. The highest BCUT2D eigenvalue weighted by Crippen LogP contribution is 2.12. The first-order chi connectivity index (χ1) is 12.2. The maximum absolute atomic E-state index is 12.4. The highest BCUT2D eigenvalue weighted by Gasteiger charge is 2.21. The first-order valence-electron chi connectivity index (χ1n) is 8.08. The van der Waals surface area contributed by atoms with Crippen molar-refractivity contribution in [2.75, 3.05) is 36.4 Å². The van der Waals surface area contributed by atoms with Crippen LogP contribution in [0, 0.1) is 0 Å². The summed E-state index contributed by atoms with van der Waals surface area (Å²) < 4.78 is 0. The van der Waals surface area contributed by atoms with E-state index in [-0.39, 0.29) is 24.7 Å². The zero-order chi connectivity index (χ0) is 17.5. The molecule has 9 nitrogen and oxygen atoms in total. The predicted molar refractivity (Wildman–Crippen MR) is 93.2 cm³/mol. The molecule has 3 rings (SSSR count). The lowest BCUT2D eigenvalue weighted by atomic mass is 10.2. The minimum atomic E-state index is -0.223. The van der Waals surface area contributed by atoms with E-state index in [0.29, 0.717) is 30.7 Å². The summed E-state index contributed by atoms with van der Waals surface area (Å²) in [6.07, 6.45) is 4.60. The van der Waals surface area contributed by atoms with Crippen molar-refractivity contribution in [3.8, 4) is 0 Å². The number of nitrogens with zero attached hydrogens (tertiary/aromatic N) is 6. The van der Waals surface area contributed by atoms with E-state index in [2.05, 4.69) is 30.4 Å². The fraction of sp³-hybridized carbons (Fsp3) is 0.467. The van der Waals surface area contributed by atoms with E-state index in [9.17, 15) is 9.59 Å². The van der Waals surface area contributed by atoms with Crippen LogP contribution in [-0.2, 0) is 9.59 Å². The predicted octanol–water partition coefficient (Wildman–Crippen LogP) is 0.786. The van der Waals surface area contributed by atoms with E-state index in [1.165, 1.54) is 11.3 Å². The standard InChI is InChI=1S/C15H19N7O2S/c23-12(19-15-20-18-11-25-15)3-4-13(24)21-7-2-8-22(10-9-21)14-16-5-1-6-17-14/h1,5-6,11H,2-4,7-10H2,(H,19,20,23). The summed E-state index contributed by atoms with van der Waals surface area (Å²) in [6.45, 7) is 2.79. The van der Waals surface area contributed by atoms with Gasteiger partial charge in [0, 0.05) is 51.4 Å². The number of nitrogens with one attached hydrogen (secondary N) is 1. The maximum Gasteiger partial charge on any atom is 0.226 e. The first kappa shape index (κ1) is 17.2. The van der Waals surface area contributed by atoms with Crippen LogP contribution in [-0.4, -0.2) is 63.1 Å². The van der Waals surface area contributed by atoms with Crippen molar-refractivity contribution in [2.45, 2.75) is 19.3 Å². The molecule has 2 amide bonds. The van der Waals surface area contributed by atoms with Crippen LogP contribution >= 0.6 is 11.3 Å². The van der Waals surface area contributed by atoms with Gasteiger partial charge in [-0.25, -0.2) is 9.97 Å². The number of amides is 2. The number of anilines is 2. The molecule has 2 aromatic rings. The zero-order valence-corrected chi connectivity index (χ0v) is 14.5. The summed E-state index contributed by atoms with van der Waals surface area (Å²) >= 11 is 1.25. The van der Waals surface area contributed by atoms with Crippen molar-refractivity contribution in [1.82, 2.24) is 25.1 Å². The van der Waals surface area contributed by atoms with Crippen molar-refractivity contribution < 1.29 is 9.59 Å². The zero-order valence-electron chi connectivity index (χ0n) is 13.7. The van der Waals surface area contributed by atoms with E-state index in [4.69, 9.17) is 0 Å². The molecule has 25 heavy (non-hydrogen) atoms. The van der Waals surface area contributed by atoms with Gasteiger partial charge in [-0.05, 0) is 12.5 Å². The molecule has 1 saturated heterocycles. The van der Waals surface area contributed by atoms with Crippen LogP contribution in [0.1, 0.15) is 19.3 Å². The summed E-state index contributed by atoms with van der Waals surface area (Å²) in [7, 11) is 0. The molecule has 0 radical (unpaired) electrons. The van der Waals surface area contributed by atoms with Gasteiger partial charge in [-0.15, -0.1) is 10.2 Å². The van der Waals surface area contributed by atoms with Crippen LogP contribution in [0.25, 0.3) is 0 Å². The van der Waals surface area contributed by atoms with E-state index < -0.39 is 0 Å². The van der Waals surface area contributed by atoms with Crippen LogP contribution in [0.15, 0.2) is 24.0 Å². The molecule has 0 unspecified atom stereocenters. The van der Waals surface area contributed by atoms with E-state index in [0.717, 1.165) is 13.0 Å². The molecule has 0 aliphatic carbocycles. The lowest BCUT2D eigenvalue weighted by molar-refractivity contribution is -0.132. The van der Waals surface area contributed by atoms with Crippen LogP contribution in [0.4, 0.5) is 11.1 Å². The first-order valence-corrected chi connectivity index (χ1v) is 8.96. The lowest BCUT2D eigenvalue weighted by Crippen LogP contribution is -2.35. The Morgan fingerprint density at radius 1 is 1.12 bits per heavy atom. The average molecular weight is 361 g/mol. The molecular weight excluding hydrogens is 342 g/mol. The van der Waals surface area contributed by atoms with Gasteiger partial charge in [0.1, 0.15) is 5.51 Å². The summed E-state index contributed by atoms with van der Waals surface area (Å²) in [5, 5.41) is 10.5. The Balaban J connectivity index is 1.45. The number of aromatic nitrogens is 4. The Hall–Kier alpha value is -2.62. The summed E-state index contributed by atoms with van der Waals surface area (Å²) in [6, 6.07) is 1.78. The van der Waals surface area contributed by atoms with Gasteiger partial charge in [0.05, 0.1) is 0 Å². The highest BCUT2D eigenvalue weighted by atomic mass is 32.1. The number of hydrogen-bond acceptors (Lipinski definition) is 8. The van der Waals surface area contributed by atoms with E-state index in [1.807, 2.05) is 0 Å². The van der Waals surface area contributed by atoms with Crippen molar-refractivity contribution >= 4 is 34.2 Å². The Morgan fingerprint density at radius 3 is 2.72 bits per heavy atom. The quantitative estimate of drug-likeness (QED) is 0.839. The molecule has 1 aliphatic heterocycles. The minimum absolute atomic E-state index is 0.0109. The molecule has 0 atom stereocenters. The molecule has 132 valence electrons. The number of hydrogen-bond donors (Lipinski definition) is 1. The molecule has 1 aliphatic rings. The second-order valence-electron chi connectivity index (χ2n) is 5.56. The Labute approximate surface area is 149 Å². The second-order valence-corrected chi connectivity index (χ2v) is 6.40. The molecule has 1 fully saturated rings. The monoisotopic (exact) mass is 361 g/mol. The topological polar surface area (TPSA) is 104 Å². The van der Waals surface area contributed by atoms with Gasteiger partial charge in [0.2, 0.25) is 22.9 Å². The third-order valence-electron chi connectivity index (χ3n) is 3.86. The van der Waals surface area contributed by atoms with Gasteiger partial charge in [0.15, 0.2) is 0 Å². The van der Waals surface area contributed by atoms with Gasteiger partial charge in [-0.1, -0.05) is 11.3 Å². The molecule has 0 bridgehead atoms. The third kappa shape index (κ3) is 4.92. The summed E-state index contributed by atoms with van der Waals surface area (Å²) in [5.41, 5.74) is 1.54. The van der Waals surface area contributed by atoms with Gasteiger partial charge < -0.3 is 15.1 Å². The largest absolute Gasteiger partial charge is 0.341 e. The van der Waals surface area contributed by atoms with E-state index >= 15 is 0 Å². The van der Waals surface area contributed by atoms with Gasteiger partial charge in [0.25, 0.3) is 0 Å².